The predicted molar refractivity (Wildman–Crippen MR) is 87.3 cm³/mol. The first kappa shape index (κ1) is 14.8. The Labute approximate surface area is 139 Å². The highest BCUT2D eigenvalue weighted by Gasteiger charge is 2.47. The van der Waals surface area contributed by atoms with Gasteiger partial charge in [-0.25, -0.2) is 4.98 Å². The maximum absolute atomic E-state index is 12.6. The molecule has 2 heterocycles. The fourth-order valence-electron chi connectivity index (χ4n) is 3.81. The van der Waals surface area contributed by atoms with E-state index in [0.717, 1.165) is 19.4 Å². The summed E-state index contributed by atoms with van der Waals surface area (Å²) in [6.07, 6.45) is 6.43. The van der Waals surface area contributed by atoms with Gasteiger partial charge in [0.15, 0.2) is 0 Å². The first-order valence-electron chi connectivity index (χ1n) is 8.15. The quantitative estimate of drug-likeness (QED) is 0.929. The van der Waals surface area contributed by atoms with Crippen LogP contribution in [0.4, 0.5) is 0 Å². The number of nitrogens with zero attached hydrogens (tertiary/aromatic N) is 3. The molecule has 1 aliphatic carbocycles. The molecule has 3 atom stereocenters. The molecule has 1 aromatic carbocycles. The molecule has 2 bridgehead atoms. The van der Waals surface area contributed by atoms with E-state index < -0.39 is 0 Å². The summed E-state index contributed by atoms with van der Waals surface area (Å²) in [5.74, 6) is 0.256. The van der Waals surface area contributed by atoms with Crippen molar-refractivity contribution in [1.82, 2.24) is 20.2 Å². The summed E-state index contributed by atoms with van der Waals surface area (Å²) >= 11 is 0. The van der Waals surface area contributed by atoms with Gasteiger partial charge in [0, 0.05) is 30.5 Å². The number of hydrogen-bond acceptors (Lipinski definition) is 4. The van der Waals surface area contributed by atoms with Crippen molar-refractivity contribution in [2.75, 3.05) is 6.54 Å². The van der Waals surface area contributed by atoms with Crippen LogP contribution >= 0.6 is 0 Å². The molecule has 0 spiro atoms. The number of piperidine rings is 1. The van der Waals surface area contributed by atoms with Crippen LogP contribution in [0.5, 0.6) is 0 Å². The Hall–Kier alpha value is -2.76. The summed E-state index contributed by atoms with van der Waals surface area (Å²) in [7, 11) is 0. The summed E-state index contributed by atoms with van der Waals surface area (Å²) in [5.41, 5.74) is 1.00. The molecule has 3 unspecified atom stereocenters. The summed E-state index contributed by atoms with van der Waals surface area (Å²) in [6.45, 7) is 0.734. The van der Waals surface area contributed by atoms with E-state index in [1.165, 1.54) is 12.4 Å². The molecule has 2 amide bonds. The standard InChI is InChI=1S/C18H18N4O2/c23-17(13-4-2-1-3-5-13)21-14-8-12-9-16(14)22(11-12)18(24)15-10-19-6-7-20-15/h1-7,10,12,14,16H,8-9,11H2,(H,21,23). The van der Waals surface area contributed by atoms with Crippen molar-refractivity contribution in [1.29, 1.82) is 0 Å². The average molecular weight is 322 g/mol. The Morgan fingerprint density at radius 2 is 1.96 bits per heavy atom. The van der Waals surface area contributed by atoms with Crippen LogP contribution in [0, 0.1) is 5.92 Å². The Morgan fingerprint density at radius 3 is 2.67 bits per heavy atom. The number of nitrogens with one attached hydrogen (secondary N) is 1. The molecule has 6 heteroatoms. The number of benzene rings is 1. The number of carbonyl (C=O) groups is 2. The van der Waals surface area contributed by atoms with Crippen LogP contribution in [-0.2, 0) is 0 Å². The largest absolute Gasteiger partial charge is 0.347 e. The van der Waals surface area contributed by atoms with Crippen LogP contribution in [0.2, 0.25) is 0 Å². The van der Waals surface area contributed by atoms with E-state index in [1.807, 2.05) is 23.1 Å². The molecular formula is C18H18N4O2. The van der Waals surface area contributed by atoms with Crippen LogP contribution in [0.15, 0.2) is 48.9 Å². The highest BCUT2D eigenvalue weighted by Crippen LogP contribution is 2.38. The van der Waals surface area contributed by atoms with Crippen LogP contribution in [0.1, 0.15) is 33.7 Å². The Bertz CT molecular complexity index is 748. The smallest absolute Gasteiger partial charge is 0.274 e. The molecular weight excluding hydrogens is 304 g/mol. The SMILES string of the molecule is O=C(NC1CC2CC1N(C(=O)c1cnccn1)C2)c1ccccc1. The third-order valence-corrected chi connectivity index (χ3v) is 4.88. The van der Waals surface area contributed by atoms with Gasteiger partial charge in [-0.05, 0) is 30.9 Å². The maximum Gasteiger partial charge on any atom is 0.274 e. The minimum Gasteiger partial charge on any atom is -0.347 e. The minimum atomic E-state index is -0.103. The maximum atomic E-state index is 12.6. The molecule has 2 fully saturated rings. The van der Waals surface area contributed by atoms with E-state index in [2.05, 4.69) is 15.3 Å². The van der Waals surface area contributed by atoms with Gasteiger partial charge in [-0.1, -0.05) is 18.2 Å². The van der Waals surface area contributed by atoms with Crippen molar-refractivity contribution < 1.29 is 9.59 Å². The lowest BCUT2D eigenvalue weighted by molar-refractivity contribution is 0.0642. The van der Waals surface area contributed by atoms with Gasteiger partial charge < -0.3 is 10.2 Å². The third-order valence-electron chi connectivity index (χ3n) is 4.88. The van der Waals surface area contributed by atoms with Gasteiger partial charge in [-0.15, -0.1) is 0 Å². The summed E-state index contributed by atoms with van der Waals surface area (Å²) in [5, 5.41) is 3.09. The zero-order chi connectivity index (χ0) is 16.5. The normalized spacial score (nSPS) is 24.8. The van der Waals surface area contributed by atoms with Crippen molar-refractivity contribution in [3.63, 3.8) is 0 Å². The Balaban J connectivity index is 1.47. The van der Waals surface area contributed by atoms with Gasteiger partial charge in [-0.2, -0.15) is 0 Å². The zero-order valence-corrected chi connectivity index (χ0v) is 13.1. The summed E-state index contributed by atoms with van der Waals surface area (Å²) < 4.78 is 0. The number of aromatic nitrogens is 2. The van der Waals surface area contributed by atoms with E-state index in [9.17, 15) is 9.59 Å². The monoisotopic (exact) mass is 322 g/mol. The molecule has 6 nitrogen and oxygen atoms in total. The molecule has 24 heavy (non-hydrogen) atoms. The zero-order valence-electron chi connectivity index (χ0n) is 13.1. The predicted octanol–water partition coefficient (Wildman–Crippen LogP) is 1.51. The summed E-state index contributed by atoms with van der Waals surface area (Å²) in [6, 6.07) is 9.21. The van der Waals surface area contributed by atoms with Crippen molar-refractivity contribution in [2.24, 2.45) is 5.92 Å². The highest BCUT2D eigenvalue weighted by molar-refractivity contribution is 5.95. The molecule has 2 aliphatic rings. The van der Waals surface area contributed by atoms with Crippen LogP contribution in [0.25, 0.3) is 0 Å². The van der Waals surface area contributed by atoms with E-state index >= 15 is 0 Å². The third kappa shape index (κ3) is 2.64. The van der Waals surface area contributed by atoms with Crippen molar-refractivity contribution >= 4 is 11.8 Å². The second-order valence-corrected chi connectivity index (χ2v) is 6.40. The second-order valence-electron chi connectivity index (χ2n) is 6.40. The topological polar surface area (TPSA) is 75.2 Å². The lowest BCUT2D eigenvalue weighted by atomic mass is 10.0. The molecule has 1 N–H and O–H groups in total. The van der Waals surface area contributed by atoms with Crippen molar-refractivity contribution in [3.05, 3.63) is 60.2 Å². The number of hydrogen-bond donors (Lipinski definition) is 1. The molecule has 4 rings (SSSR count). The first-order chi connectivity index (χ1) is 11.7. The lowest BCUT2D eigenvalue weighted by Crippen LogP contribution is -2.52. The second kappa shape index (κ2) is 6.03. The van der Waals surface area contributed by atoms with Gasteiger partial charge in [0.25, 0.3) is 11.8 Å². The summed E-state index contributed by atoms with van der Waals surface area (Å²) in [4.78, 5) is 34.9. The van der Waals surface area contributed by atoms with Gasteiger partial charge in [-0.3, -0.25) is 14.6 Å². The van der Waals surface area contributed by atoms with Crippen molar-refractivity contribution in [3.8, 4) is 0 Å². The number of amides is 2. The van der Waals surface area contributed by atoms with Gasteiger partial charge in [0.2, 0.25) is 0 Å². The van der Waals surface area contributed by atoms with Gasteiger partial charge >= 0.3 is 0 Å². The molecule has 1 aliphatic heterocycles. The van der Waals surface area contributed by atoms with E-state index in [-0.39, 0.29) is 23.9 Å². The van der Waals surface area contributed by atoms with Crippen LogP contribution in [-0.4, -0.2) is 45.3 Å². The molecule has 1 aromatic heterocycles. The molecule has 2 aromatic rings. The first-order valence-corrected chi connectivity index (χ1v) is 8.15. The molecule has 1 saturated carbocycles. The number of carbonyl (C=O) groups excluding carboxylic acids is 2. The number of likely N-dealkylation sites (tertiary alicyclic amines) is 1. The Kier molecular flexibility index (Phi) is 3.72. The number of rotatable bonds is 3. The van der Waals surface area contributed by atoms with Crippen molar-refractivity contribution in [2.45, 2.75) is 24.9 Å². The van der Waals surface area contributed by atoms with Crippen LogP contribution < -0.4 is 5.32 Å². The van der Waals surface area contributed by atoms with Crippen LogP contribution in [0.3, 0.4) is 0 Å². The lowest BCUT2D eigenvalue weighted by Gasteiger charge is -2.33. The fraction of sp³-hybridized carbons (Fsp3) is 0.333. The minimum absolute atomic E-state index is 0.00271. The number of fused-ring (bicyclic) bond motifs is 2. The van der Waals surface area contributed by atoms with E-state index in [1.54, 1.807) is 18.3 Å². The molecule has 122 valence electrons. The van der Waals surface area contributed by atoms with E-state index in [4.69, 9.17) is 0 Å². The van der Waals surface area contributed by atoms with E-state index in [0.29, 0.717) is 17.2 Å². The van der Waals surface area contributed by atoms with Gasteiger partial charge in [0.05, 0.1) is 12.2 Å². The fourth-order valence-corrected chi connectivity index (χ4v) is 3.81. The average Bonchev–Trinajstić information content (AvgIpc) is 3.23. The van der Waals surface area contributed by atoms with Gasteiger partial charge in [0.1, 0.15) is 5.69 Å². The molecule has 1 saturated heterocycles. The highest BCUT2D eigenvalue weighted by atomic mass is 16.2. The Morgan fingerprint density at radius 1 is 1.12 bits per heavy atom. The molecule has 0 radical (unpaired) electrons.